The summed E-state index contributed by atoms with van der Waals surface area (Å²) in [6, 6.07) is 10.8. The number of hydrogen-bond donors (Lipinski definition) is 1. The topological polar surface area (TPSA) is 68.1 Å². The Morgan fingerprint density at radius 1 is 1.26 bits per heavy atom. The van der Waals surface area contributed by atoms with Crippen LogP contribution in [0, 0.1) is 10.1 Å². The van der Waals surface area contributed by atoms with Crippen LogP contribution in [0.1, 0.15) is 12.5 Å². The maximum atomic E-state index is 10.9. The third kappa shape index (κ3) is 2.88. The first-order valence-corrected chi connectivity index (χ1v) is 6.07. The number of nitro groups is 1. The lowest BCUT2D eigenvalue weighted by atomic mass is 10.1. The van der Waals surface area contributed by atoms with E-state index in [1.165, 1.54) is 17.7 Å². The Bertz CT molecular complexity index is 594. The van der Waals surface area contributed by atoms with Gasteiger partial charge in [-0.1, -0.05) is 31.2 Å². The Kier molecular flexibility index (Phi) is 3.75. The van der Waals surface area contributed by atoms with Crippen LogP contribution in [0.25, 0.3) is 11.3 Å². The zero-order valence-corrected chi connectivity index (χ0v) is 10.9. The van der Waals surface area contributed by atoms with Crippen LogP contribution in [0.3, 0.4) is 0 Å². The minimum atomic E-state index is -0.410. The Morgan fingerprint density at radius 2 is 1.95 bits per heavy atom. The highest BCUT2D eigenvalue weighted by Crippen LogP contribution is 2.25. The highest BCUT2D eigenvalue weighted by Gasteiger charge is 2.11. The molecular formula is C14H15N3O2. The van der Waals surface area contributed by atoms with Gasteiger partial charge in [0.05, 0.1) is 16.7 Å². The predicted octanol–water partition coefficient (Wildman–Crippen LogP) is 3.26. The summed E-state index contributed by atoms with van der Waals surface area (Å²) in [5, 5.41) is 13.7. The Balaban J connectivity index is 2.47. The zero-order valence-electron chi connectivity index (χ0n) is 10.9. The molecule has 1 aromatic heterocycles. The van der Waals surface area contributed by atoms with Gasteiger partial charge in [0.25, 0.3) is 5.69 Å². The average Bonchev–Trinajstić information content (AvgIpc) is 2.46. The second-order valence-corrected chi connectivity index (χ2v) is 4.15. The van der Waals surface area contributed by atoms with Crippen molar-refractivity contribution >= 4 is 11.5 Å². The van der Waals surface area contributed by atoms with E-state index in [0.29, 0.717) is 11.5 Å². The van der Waals surface area contributed by atoms with E-state index in [2.05, 4.69) is 17.2 Å². The standard InChI is InChI=1S/C14H15N3O2/c1-3-10-4-6-11(7-5-10)13-8-12(17(18)19)9-14(15-2)16-13/h4-9H,3H2,1-2H3,(H,15,16). The molecule has 0 saturated carbocycles. The normalized spacial score (nSPS) is 10.2. The van der Waals surface area contributed by atoms with E-state index in [1.54, 1.807) is 7.05 Å². The lowest BCUT2D eigenvalue weighted by Crippen LogP contribution is -1.97. The maximum Gasteiger partial charge on any atom is 0.275 e. The number of rotatable bonds is 4. The molecule has 2 aromatic rings. The molecule has 0 atom stereocenters. The molecule has 98 valence electrons. The number of hydrogen-bond acceptors (Lipinski definition) is 4. The van der Waals surface area contributed by atoms with Gasteiger partial charge in [-0.25, -0.2) is 4.98 Å². The summed E-state index contributed by atoms with van der Waals surface area (Å²) < 4.78 is 0. The van der Waals surface area contributed by atoms with Gasteiger partial charge in [-0.15, -0.1) is 0 Å². The molecule has 0 bridgehead atoms. The highest BCUT2D eigenvalue weighted by molar-refractivity contribution is 5.65. The van der Waals surface area contributed by atoms with Crippen molar-refractivity contribution in [1.29, 1.82) is 0 Å². The van der Waals surface area contributed by atoms with Crippen LogP contribution >= 0.6 is 0 Å². The summed E-state index contributed by atoms with van der Waals surface area (Å²) in [4.78, 5) is 14.8. The first-order valence-electron chi connectivity index (χ1n) is 6.07. The van der Waals surface area contributed by atoms with Crippen molar-refractivity contribution < 1.29 is 4.92 Å². The molecule has 5 heteroatoms. The second-order valence-electron chi connectivity index (χ2n) is 4.15. The monoisotopic (exact) mass is 257 g/mol. The molecule has 0 spiro atoms. The average molecular weight is 257 g/mol. The molecule has 2 rings (SSSR count). The second kappa shape index (κ2) is 5.48. The van der Waals surface area contributed by atoms with Gasteiger partial charge in [0.1, 0.15) is 5.82 Å². The van der Waals surface area contributed by atoms with Crippen molar-refractivity contribution in [2.24, 2.45) is 0 Å². The van der Waals surface area contributed by atoms with E-state index in [0.717, 1.165) is 12.0 Å². The molecule has 1 heterocycles. The number of benzene rings is 1. The molecule has 1 N–H and O–H groups in total. The summed E-state index contributed by atoms with van der Waals surface area (Å²) in [7, 11) is 1.69. The first kappa shape index (κ1) is 13.0. The first-order chi connectivity index (χ1) is 9.13. The van der Waals surface area contributed by atoms with Gasteiger partial charge >= 0.3 is 0 Å². The van der Waals surface area contributed by atoms with Crippen molar-refractivity contribution in [3.63, 3.8) is 0 Å². The Morgan fingerprint density at radius 3 is 2.47 bits per heavy atom. The molecule has 5 nitrogen and oxygen atoms in total. The van der Waals surface area contributed by atoms with Gasteiger partial charge in [-0.2, -0.15) is 0 Å². The summed E-state index contributed by atoms with van der Waals surface area (Å²) in [6.07, 6.45) is 0.963. The number of aryl methyl sites for hydroxylation is 1. The molecule has 0 aliphatic carbocycles. The predicted molar refractivity (Wildman–Crippen MR) is 75.3 cm³/mol. The molecule has 1 aromatic carbocycles. The smallest absolute Gasteiger partial charge is 0.275 e. The number of pyridine rings is 1. The summed E-state index contributed by atoms with van der Waals surface area (Å²) in [6.45, 7) is 2.08. The van der Waals surface area contributed by atoms with E-state index in [4.69, 9.17) is 0 Å². The van der Waals surface area contributed by atoms with Crippen molar-refractivity contribution in [3.05, 3.63) is 52.1 Å². The lowest BCUT2D eigenvalue weighted by molar-refractivity contribution is -0.384. The number of anilines is 1. The van der Waals surface area contributed by atoms with E-state index in [-0.39, 0.29) is 5.69 Å². The van der Waals surface area contributed by atoms with Crippen LogP contribution in [0.5, 0.6) is 0 Å². The molecule has 0 unspecified atom stereocenters. The highest BCUT2D eigenvalue weighted by atomic mass is 16.6. The van der Waals surface area contributed by atoms with Gasteiger partial charge < -0.3 is 5.32 Å². The van der Waals surface area contributed by atoms with Crippen molar-refractivity contribution in [2.75, 3.05) is 12.4 Å². The molecular weight excluding hydrogens is 242 g/mol. The lowest BCUT2D eigenvalue weighted by Gasteiger charge is -2.05. The van der Waals surface area contributed by atoms with Crippen molar-refractivity contribution in [1.82, 2.24) is 4.98 Å². The van der Waals surface area contributed by atoms with Crippen LogP contribution in [0.2, 0.25) is 0 Å². The zero-order chi connectivity index (χ0) is 13.8. The largest absolute Gasteiger partial charge is 0.373 e. The molecule has 0 fully saturated rings. The van der Waals surface area contributed by atoms with Crippen molar-refractivity contribution in [2.45, 2.75) is 13.3 Å². The van der Waals surface area contributed by atoms with Crippen LogP contribution in [-0.2, 0) is 6.42 Å². The van der Waals surface area contributed by atoms with Crippen LogP contribution in [0.4, 0.5) is 11.5 Å². The number of aromatic nitrogens is 1. The molecule has 0 aliphatic heterocycles. The van der Waals surface area contributed by atoms with Gasteiger partial charge in [-0.3, -0.25) is 10.1 Å². The fourth-order valence-corrected chi connectivity index (χ4v) is 1.81. The van der Waals surface area contributed by atoms with Gasteiger partial charge in [0, 0.05) is 18.7 Å². The minimum absolute atomic E-state index is 0.0360. The maximum absolute atomic E-state index is 10.9. The summed E-state index contributed by atoms with van der Waals surface area (Å²) in [5.74, 6) is 0.490. The number of nitrogens with one attached hydrogen (secondary N) is 1. The molecule has 0 aliphatic rings. The van der Waals surface area contributed by atoms with Crippen molar-refractivity contribution in [3.8, 4) is 11.3 Å². The summed E-state index contributed by atoms with van der Waals surface area (Å²) in [5.41, 5.74) is 2.73. The van der Waals surface area contributed by atoms with Crippen LogP contribution < -0.4 is 5.32 Å². The third-order valence-corrected chi connectivity index (χ3v) is 2.94. The van der Waals surface area contributed by atoms with Gasteiger partial charge in [0.2, 0.25) is 0 Å². The fraction of sp³-hybridized carbons (Fsp3) is 0.214. The minimum Gasteiger partial charge on any atom is -0.373 e. The van der Waals surface area contributed by atoms with Gasteiger partial charge in [-0.05, 0) is 12.0 Å². The van der Waals surface area contributed by atoms with E-state index in [1.807, 2.05) is 24.3 Å². The van der Waals surface area contributed by atoms with E-state index < -0.39 is 4.92 Å². The molecule has 19 heavy (non-hydrogen) atoms. The fourth-order valence-electron chi connectivity index (χ4n) is 1.81. The Hall–Kier alpha value is -2.43. The SMILES string of the molecule is CCc1ccc(-c2cc([N+](=O)[O-])cc(NC)n2)cc1. The third-order valence-electron chi connectivity index (χ3n) is 2.94. The molecule has 0 radical (unpaired) electrons. The van der Waals surface area contributed by atoms with Gasteiger partial charge in [0.15, 0.2) is 0 Å². The van der Waals surface area contributed by atoms with E-state index >= 15 is 0 Å². The number of nitrogens with zero attached hydrogens (tertiary/aromatic N) is 2. The summed E-state index contributed by atoms with van der Waals surface area (Å²) >= 11 is 0. The molecule has 0 saturated heterocycles. The van der Waals surface area contributed by atoms with Crippen LogP contribution in [0.15, 0.2) is 36.4 Å². The van der Waals surface area contributed by atoms with Crippen LogP contribution in [-0.4, -0.2) is 17.0 Å². The molecule has 0 amide bonds. The van der Waals surface area contributed by atoms with E-state index in [9.17, 15) is 10.1 Å². The Labute approximate surface area is 111 Å². The quantitative estimate of drug-likeness (QED) is 0.674.